The van der Waals surface area contributed by atoms with Crippen molar-refractivity contribution in [2.45, 2.75) is 20.3 Å². The van der Waals surface area contributed by atoms with Gasteiger partial charge >= 0.3 is 0 Å². The van der Waals surface area contributed by atoms with Crippen LogP contribution in [-0.4, -0.2) is 17.4 Å². The molecule has 4 nitrogen and oxygen atoms in total. The molecule has 0 bridgehead atoms. The lowest BCUT2D eigenvalue weighted by Crippen LogP contribution is -2.06. The zero-order chi connectivity index (χ0) is 9.84. The van der Waals surface area contributed by atoms with E-state index in [4.69, 9.17) is 11.5 Å². The van der Waals surface area contributed by atoms with E-state index in [-0.39, 0.29) is 0 Å². The van der Waals surface area contributed by atoms with Crippen LogP contribution in [0.3, 0.4) is 0 Å². The smallest absolute Gasteiger partial charge is 0.180 e. The van der Waals surface area contributed by atoms with Crippen LogP contribution < -0.4 is 11.5 Å². The number of aryl methyl sites for hydroxylation is 1. The Morgan fingerprint density at radius 2 is 2.31 bits per heavy atom. The Morgan fingerprint density at radius 1 is 1.62 bits per heavy atom. The first-order valence-electron chi connectivity index (χ1n) is 4.08. The molecule has 1 aromatic heterocycles. The summed E-state index contributed by atoms with van der Waals surface area (Å²) in [6.45, 7) is 4.46. The molecule has 13 heavy (non-hydrogen) atoms. The number of rotatable bonds is 3. The lowest BCUT2D eigenvalue weighted by molar-refractivity contribution is 0.966. The minimum absolute atomic E-state index is 0.621. The molecule has 0 fully saturated rings. The largest absolute Gasteiger partial charge is 0.388 e. The summed E-state index contributed by atoms with van der Waals surface area (Å²) in [5.41, 5.74) is 12.0. The molecule has 0 saturated heterocycles. The maximum absolute atomic E-state index is 5.56. The van der Waals surface area contributed by atoms with Crippen LogP contribution in [0, 0.1) is 6.92 Å². The highest BCUT2D eigenvalue weighted by Crippen LogP contribution is 2.19. The molecule has 72 valence electrons. The van der Waals surface area contributed by atoms with Crippen molar-refractivity contribution in [1.82, 2.24) is 4.98 Å². The standard InChI is InChI=1S/C8H14N4S/c1-5-7(13-8(10)12-5)3-4-11-6(2)9/h3-4H2,1-2H3,(H2,9,11)(H2,10,12). The van der Waals surface area contributed by atoms with E-state index in [9.17, 15) is 0 Å². The van der Waals surface area contributed by atoms with E-state index in [2.05, 4.69) is 9.98 Å². The molecule has 0 amide bonds. The fraction of sp³-hybridized carbons (Fsp3) is 0.500. The summed E-state index contributed by atoms with van der Waals surface area (Å²) in [4.78, 5) is 9.42. The van der Waals surface area contributed by atoms with Crippen LogP contribution in [0.4, 0.5) is 5.13 Å². The third-order valence-electron chi connectivity index (χ3n) is 1.61. The lowest BCUT2D eigenvalue weighted by atomic mass is 10.3. The van der Waals surface area contributed by atoms with Gasteiger partial charge in [-0.05, 0) is 13.8 Å². The average molecular weight is 198 g/mol. The summed E-state index contributed by atoms with van der Waals surface area (Å²) >= 11 is 1.52. The van der Waals surface area contributed by atoms with Gasteiger partial charge < -0.3 is 11.5 Å². The first-order valence-corrected chi connectivity index (χ1v) is 4.89. The minimum atomic E-state index is 0.621. The molecule has 1 heterocycles. The molecule has 0 saturated carbocycles. The molecule has 0 radical (unpaired) electrons. The molecule has 0 unspecified atom stereocenters. The highest BCUT2D eigenvalue weighted by molar-refractivity contribution is 7.15. The number of aliphatic imine (C=N–C) groups is 1. The molecule has 1 aromatic rings. The number of hydrogen-bond acceptors (Lipinski definition) is 4. The second-order valence-corrected chi connectivity index (χ2v) is 3.95. The maximum Gasteiger partial charge on any atom is 0.180 e. The number of hydrogen-bond donors (Lipinski definition) is 2. The first-order chi connectivity index (χ1) is 6.09. The second-order valence-electron chi connectivity index (χ2n) is 2.83. The number of nitrogen functional groups attached to an aromatic ring is 1. The Kier molecular flexibility index (Phi) is 3.25. The van der Waals surface area contributed by atoms with Crippen LogP contribution >= 0.6 is 11.3 Å². The Hall–Kier alpha value is -1.10. The van der Waals surface area contributed by atoms with Gasteiger partial charge in [-0.3, -0.25) is 4.99 Å². The summed E-state index contributed by atoms with van der Waals surface area (Å²) in [7, 11) is 0. The Labute approximate surface area is 81.7 Å². The fourth-order valence-electron chi connectivity index (χ4n) is 1.02. The number of amidine groups is 1. The normalized spacial score (nSPS) is 12.0. The summed E-state index contributed by atoms with van der Waals surface area (Å²) in [6, 6.07) is 0. The number of anilines is 1. The van der Waals surface area contributed by atoms with E-state index in [1.807, 2.05) is 6.92 Å². The Balaban J connectivity index is 2.54. The van der Waals surface area contributed by atoms with Crippen LogP contribution in [0.25, 0.3) is 0 Å². The molecule has 4 N–H and O–H groups in total. The van der Waals surface area contributed by atoms with Crippen molar-refractivity contribution in [2.24, 2.45) is 10.7 Å². The topological polar surface area (TPSA) is 77.3 Å². The highest BCUT2D eigenvalue weighted by Gasteiger charge is 2.03. The predicted octanol–water partition coefficient (Wildman–Crippen LogP) is 0.953. The van der Waals surface area contributed by atoms with Gasteiger partial charge in [0.1, 0.15) is 0 Å². The predicted molar refractivity (Wildman–Crippen MR) is 57.1 cm³/mol. The van der Waals surface area contributed by atoms with E-state index < -0.39 is 0 Å². The molecule has 0 spiro atoms. The molecule has 0 aromatic carbocycles. The number of nitrogens with two attached hydrogens (primary N) is 2. The second kappa shape index (κ2) is 4.23. The molecule has 0 aliphatic heterocycles. The van der Waals surface area contributed by atoms with Crippen molar-refractivity contribution in [2.75, 3.05) is 12.3 Å². The highest BCUT2D eigenvalue weighted by atomic mass is 32.1. The van der Waals surface area contributed by atoms with Gasteiger partial charge in [-0.15, -0.1) is 11.3 Å². The van der Waals surface area contributed by atoms with Gasteiger partial charge in [-0.1, -0.05) is 0 Å². The van der Waals surface area contributed by atoms with E-state index >= 15 is 0 Å². The van der Waals surface area contributed by atoms with Gasteiger partial charge in [0.2, 0.25) is 0 Å². The van der Waals surface area contributed by atoms with Gasteiger partial charge in [0, 0.05) is 17.8 Å². The minimum Gasteiger partial charge on any atom is -0.388 e. The summed E-state index contributed by atoms with van der Waals surface area (Å²) in [5, 5.41) is 0.626. The number of aromatic nitrogens is 1. The van der Waals surface area contributed by atoms with Gasteiger partial charge in [-0.2, -0.15) is 0 Å². The molecule has 0 aliphatic carbocycles. The van der Waals surface area contributed by atoms with Crippen LogP contribution in [0.5, 0.6) is 0 Å². The SMILES string of the molecule is CC(N)=NCCc1sc(N)nc1C. The molecule has 1 rings (SSSR count). The third-order valence-corrected chi connectivity index (χ3v) is 2.66. The lowest BCUT2D eigenvalue weighted by Gasteiger charge is -1.94. The van der Waals surface area contributed by atoms with Gasteiger partial charge in [0.25, 0.3) is 0 Å². The van der Waals surface area contributed by atoms with E-state index in [1.165, 1.54) is 16.2 Å². The van der Waals surface area contributed by atoms with E-state index in [1.54, 1.807) is 6.92 Å². The molecular formula is C8H14N4S. The van der Waals surface area contributed by atoms with Gasteiger partial charge in [0.15, 0.2) is 5.13 Å². The van der Waals surface area contributed by atoms with Crippen molar-refractivity contribution < 1.29 is 0 Å². The van der Waals surface area contributed by atoms with Crippen molar-refractivity contribution in [3.8, 4) is 0 Å². The molecule has 0 aliphatic rings. The molecule has 0 atom stereocenters. The maximum atomic E-state index is 5.56. The molecular weight excluding hydrogens is 184 g/mol. The number of thiazole rings is 1. The van der Waals surface area contributed by atoms with Crippen LogP contribution in [0.15, 0.2) is 4.99 Å². The van der Waals surface area contributed by atoms with Crippen LogP contribution in [-0.2, 0) is 6.42 Å². The van der Waals surface area contributed by atoms with E-state index in [0.29, 0.717) is 17.5 Å². The quantitative estimate of drug-likeness (QED) is 0.561. The first kappa shape index (κ1) is 9.98. The average Bonchev–Trinajstić information content (AvgIpc) is 2.29. The van der Waals surface area contributed by atoms with Gasteiger partial charge in [-0.25, -0.2) is 4.98 Å². The fourth-order valence-corrected chi connectivity index (χ4v) is 1.84. The van der Waals surface area contributed by atoms with Crippen LogP contribution in [0.2, 0.25) is 0 Å². The Morgan fingerprint density at radius 3 is 2.77 bits per heavy atom. The molecule has 5 heteroatoms. The van der Waals surface area contributed by atoms with Gasteiger partial charge in [0.05, 0.1) is 11.5 Å². The van der Waals surface area contributed by atoms with E-state index in [0.717, 1.165) is 12.1 Å². The van der Waals surface area contributed by atoms with Crippen LogP contribution in [0.1, 0.15) is 17.5 Å². The number of nitrogens with zero attached hydrogens (tertiary/aromatic N) is 2. The van der Waals surface area contributed by atoms with Crippen molar-refractivity contribution >= 4 is 22.3 Å². The summed E-state index contributed by atoms with van der Waals surface area (Å²) in [6.07, 6.45) is 0.870. The third kappa shape index (κ3) is 3.02. The summed E-state index contributed by atoms with van der Waals surface area (Å²) < 4.78 is 0. The summed E-state index contributed by atoms with van der Waals surface area (Å²) in [5.74, 6) is 0.621. The zero-order valence-corrected chi connectivity index (χ0v) is 8.69. The Bertz CT molecular complexity index is 312. The van der Waals surface area contributed by atoms with Crippen molar-refractivity contribution in [3.05, 3.63) is 10.6 Å². The monoisotopic (exact) mass is 198 g/mol. The zero-order valence-electron chi connectivity index (χ0n) is 7.87. The van der Waals surface area contributed by atoms with Crippen molar-refractivity contribution in [1.29, 1.82) is 0 Å². The van der Waals surface area contributed by atoms with Crippen molar-refractivity contribution in [3.63, 3.8) is 0 Å².